The molecule has 0 aliphatic carbocycles. The Bertz CT molecular complexity index is 235. The molecule has 1 nitrogen and oxygen atoms in total. The average Bonchev–Trinajstić information content (AvgIpc) is 2.09. The van der Waals surface area contributed by atoms with Gasteiger partial charge in [-0.25, -0.2) is 0 Å². The summed E-state index contributed by atoms with van der Waals surface area (Å²) in [5.41, 5.74) is 6.81. The molecular formula is C10H15AsN. The molecule has 65 valence electrons. The van der Waals surface area contributed by atoms with E-state index in [9.17, 15) is 0 Å². The van der Waals surface area contributed by atoms with Gasteiger partial charge in [0.25, 0.3) is 0 Å². The molecule has 0 saturated carbocycles. The monoisotopic (exact) mass is 224 g/mol. The molecular weight excluding hydrogens is 209 g/mol. The Morgan fingerprint density at radius 1 is 1.33 bits per heavy atom. The molecule has 2 N–H and O–H groups in total. The van der Waals surface area contributed by atoms with Crippen molar-refractivity contribution in [2.75, 3.05) is 5.73 Å². The van der Waals surface area contributed by atoms with Crippen molar-refractivity contribution in [3.8, 4) is 0 Å². The quantitative estimate of drug-likeness (QED) is 0.471. The molecule has 0 aliphatic rings. The second-order valence-electron chi connectivity index (χ2n) is 2.79. The summed E-state index contributed by atoms with van der Waals surface area (Å²) in [6.07, 6.45) is 2.64. The summed E-state index contributed by atoms with van der Waals surface area (Å²) in [4.78, 5) is 0. The van der Waals surface area contributed by atoms with Crippen molar-refractivity contribution < 1.29 is 0 Å². The van der Waals surface area contributed by atoms with Crippen LogP contribution in [0.1, 0.15) is 19.8 Å². The van der Waals surface area contributed by atoms with E-state index in [4.69, 9.17) is 5.73 Å². The molecule has 0 spiro atoms. The first-order valence-corrected chi connectivity index (χ1v) is 6.63. The molecule has 1 aromatic carbocycles. The molecule has 0 atom stereocenters. The number of rotatable bonds is 4. The Hall–Kier alpha value is -0.422. The summed E-state index contributed by atoms with van der Waals surface area (Å²) in [5, 5.41) is 1.35. The molecule has 0 unspecified atom stereocenters. The van der Waals surface area contributed by atoms with Gasteiger partial charge in [-0.05, 0) is 0 Å². The molecule has 0 amide bonds. The van der Waals surface area contributed by atoms with Crippen LogP contribution in [0.5, 0.6) is 0 Å². The zero-order valence-electron chi connectivity index (χ0n) is 7.46. The van der Waals surface area contributed by atoms with E-state index >= 15 is 0 Å². The average molecular weight is 224 g/mol. The molecule has 0 aliphatic heterocycles. The SMILES string of the molecule is CCCC[As]c1ccccc1N. The molecule has 0 bridgehead atoms. The molecule has 0 aromatic heterocycles. The van der Waals surface area contributed by atoms with E-state index in [2.05, 4.69) is 19.1 Å². The minimum atomic E-state index is 0.314. The van der Waals surface area contributed by atoms with Gasteiger partial charge in [0.05, 0.1) is 0 Å². The van der Waals surface area contributed by atoms with Crippen LogP contribution >= 0.6 is 0 Å². The van der Waals surface area contributed by atoms with Gasteiger partial charge in [0, 0.05) is 0 Å². The maximum absolute atomic E-state index is 5.83. The number of para-hydroxylation sites is 1. The van der Waals surface area contributed by atoms with Gasteiger partial charge in [0.2, 0.25) is 0 Å². The van der Waals surface area contributed by atoms with Crippen molar-refractivity contribution >= 4 is 25.8 Å². The summed E-state index contributed by atoms with van der Waals surface area (Å²) in [7, 11) is 0. The third-order valence-corrected chi connectivity index (χ3v) is 4.43. The van der Waals surface area contributed by atoms with Gasteiger partial charge in [-0.2, -0.15) is 0 Å². The number of benzene rings is 1. The van der Waals surface area contributed by atoms with Crippen molar-refractivity contribution in [1.82, 2.24) is 0 Å². The zero-order chi connectivity index (χ0) is 8.81. The van der Waals surface area contributed by atoms with E-state index in [1.54, 1.807) is 0 Å². The fourth-order valence-electron chi connectivity index (χ4n) is 0.989. The molecule has 0 saturated heterocycles. The fourth-order valence-corrected chi connectivity index (χ4v) is 3.43. The third kappa shape index (κ3) is 2.90. The number of anilines is 1. The van der Waals surface area contributed by atoms with E-state index in [0.717, 1.165) is 5.69 Å². The van der Waals surface area contributed by atoms with Gasteiger partial charge in [0.15, 0.2) is 0 Å². The first kappa shape index (κ1) is 9.66. The standard InChI is InChI=1S/C10H15AsN/c1-2-3-8-11-9-6-4-5-7-10(9)12/h4-7H,2-3,8,12H2,1H3. The van der Waals surface area contributed by atoms with Crippen LogP contribution in [0.4, 0.5) is 5.69 Å². The molecule has 0 heterocycles. The van der Waals surface area contributed by atoms with Crippen molar-refractivity contribution in [3.05, 3.63) is 24.3 Å². The molecule has 1 aromatic rings. The minimum absolute atomic E-state index is 0.314. The van der Waals surface area contributed by atoms with Crippen LogP contribution < -0.4 is 10.1 Å². The Kier molecular flexibility index (Phi) is 4.24. The zero-order valence-corrected chi connectivity index (χ0v) is 9.33. The number of unbranched alkanes of at least 4 members (excludes halogenated alkanes) is 1. The van der Waals surface area contributed by atoms with Crippen LogP contribution in [0.2, 0.25) is 5.21 Å². The van der Waals surface area contributed by atoms with E-state index in [1.807, 2.05) is 12.1 Å². The van der Waals surface area contributed by atoms with Gasteiger partial charge >= 0.3 is 80.8 Å². The second-order valence-corrected chi connectivity index (χ2v) is 5.41. The van der Waals surface area contributed by atoms with E-state index < -0.39 is 0 Å². The third-order valence-electron chi connectivity index (χ3n) is 1.73. The first-order valence-electron chi connectivity index (χ1n) is 4.36. The summed E-state index contributed by atoms with van der Waals surface area (Å²) in [6.45, 7) is 2.23. The fraction of sp³-hybridized carbons (Fsp3) is 0.400. The van der Waals surface area contributed by atoms with Gasteiger partial charge in [0.1, 0.15) is 0 Å². The van der Waals surface area contributed by atoms with E-state index in [0.29, 0.717) is 15.8 Å². The van der Waals surface area contributed by atoms with E-state index in [-0.39, 0.29) is 0 Å². The van der Waals surface area contributed by atoms with Crippen molar-refractivity contribution in [2.45, 2.75) is 25.0 Å². The molecule has 0 fully saturated rings. The summed E-state index contributed by atoms with van der Waals surface area (Å²) in [6, 6.07) is 8.23. The van der Waals surface area contributed by atoms with Crippen molar-refractivity contribution in [1.29, 1.82) is 0 Å². The van der Waals surface area contributed by atoms with Crippen molar-refractivity contribution in [2.24, 2.45) is 0 Å². The molecule has 1 radical (unpaired) electrons. The van der Waals surface area contributed by atoms with Crippen LogP contribution in [-0.4, -0.2) is 15.8 Å². The van der Waals surface area contributed by atoms with Gasteiger partial charge in [-0.1, -0.05) is 0 Å². The van der Waals surface area contributed by atoms with Crippen LogP contribution in [0.3, 0.4) is 0 Å². The molecule has 1 rings (SSSR count). The Balaban J connectivity index is 2.46. The van der Waals surface area contributed by atoms with Crippen LogP contribution in [0.15, 0.2) is 24.3 Å². The first-order chi connectivity index (χ1) is 5.84. The second kappa shape index (κ2) is 5.26. The predicted molar refractivity (Wildman–Crippen MR) is 56.0 cm³/mol. The van der Waals surface area contributed by atoms with Gasteiger partial charge < -0.3 is 0 Å². The normalized spacial score (nSPS) is 11.1. The topological polar surface area (TPSA) is 26.0 Å². The molecule has 2 heteroatoms. The number of nitrogen functional groups attached to an aromatic ring is 1. The summed E-state index contributed by atoms with van der Waals surface area (Å²) >= 11 is 0.314. The number of hydrogen-bond acceptors (Lipinski definition) is 1. The Morgan fingerprint density at radius 2 is 2.08 bits per heavy atom. The summed E-state index contributed by atoms with van der Waals surface area (Å²) < 4.78 is 1.39. The van der Waals surface area contributed by atoms with Crippen LogP contribution in [-0.2, 0) is 0 Å². The Morgan fingerprint density at radius 3 is 2.75 bits per heavy atom. The summed E-state index contributed by atoms with van der Waals surface area (Å²) in [5.74, 6) is 0. The van der Waals surface area contributed by atoms with Crippen LogP contribution in [0, 0.1) is 0 Å². The predicted octanol–water partition coefficient (Wildman–Crippen LogP) is 1.82. The van der Waals surface area contributed by atoms with Crippen molar-refractivity contribution in [3.63, 3.8) is 0 Å². The van der Waals surface area contributed by atoms with E-state index in [1.165, 1.54) is 22.4 Å². The molecule has 12 heavy (non-hydrogen) atoms. The van der Waals surface area contributed by atoms with Gasteiger partial charge in [-0.15, -0.1) is 0 Å². The number of nitrogens with two attached hydrogens (primary N) is 1. The van der Waals surface area contributed by atoms with Crippen LogP contribution in [0.25, 0.3) is 0 Å². The Labute approximate surface area is 81.0 Å². The number of hydrogen-bond donors (Lipinski definition) is 1. The maximum atomic E-state index is 5.83. The van der Waals surface area contributed by atoms with Gasteiger partial charge in [-0.3, -0.25) is 0 Å².